The van der Waals surface area contributed by atoms with E-state index in [1.54, 1.807) is 0 Å². The highest BCUT2D eigenvalue weighted by Crippen LogP contribution is 2.31. The fourth-order valence-electron chi connectivity index (χ4n) is 2.83. The van der Waals surface area contributed by atoms with Crippen LogP contribution in [0, 0.1) is 5.92 Å². The molecule has 3 fully saturated rings. The largest absolute Gasteiger partial charge is 0.329 e. The van der Waals surface area contributed by atoms with Crippen molar-refractivity contribution in [1.29, 1.82) is 0 Å². The van der Waals surface area contributed by atoms with Crippen molar-refractivity contribution in [3.05, 3.63) is 0 Å². The van der Waals surface area contributed by atoms with Crippen LogP contribution in [0.1, 0.15) is 25.7 Å². The molecule has 3 amide bonds. The molecule has 3 aliphatic rings. The molecule has 0 aromatic heterocycles. The van der Waals surface area contributed by atoms with Crippen molar-refractivity contribution in [1.82, 2.24) is 15.1 Å². The number of amides is 3. The molecular weight excluding hydrogens is 218 g/mol. The first-order valence-corrected chi connectivity index (χ1v) is 6.56. The molecule has 2 aliphatic heterocycles. The van der Waals surface area contributed by atoms with Crippen LogP contribution in [0.4, 0.5) is 4.79 Å². The van der Waals surface area contributed by atoms with E-state index in [-0.39, 0.29) is 24.5 Å². The lowest BCUT2D eigenvalue weighted by atomic mass is 10.0. The SMILES string of the molecule is O=C1CNC(=O)N1C1CCN(CC2CC2)CC1. The minimum Gasteiger partial charge on any atom is -0.329 e. The fraction of sp³-hybridized carbons (Fsp3) is 0.833. The minimum absolute atomic E-state index is 0.0596. The molecule has 1 saturated carbocycles. The number of carbonyl (C=O) groups excluding carboxylic acids is 2. The molecule has 3 rings (SSSR count). The molecule has 0 aromatic rings. The molecule has 17 heavy (non-hydrogen) atoms. The van der Waals surface area contributed by atoms with Crippen molar-refractivity contribution in [3.63, 3.8) is 0 Å². The van der Waals surface area contributed by atoms with E-state index in [1.165, 1.54) is 24.3 Å². The number of imide groups is 1. The number of hydrogen-bond acceptors (Lipinski definition) is 3. The third kappa shape index (κ3) is 2.29. The molecule has 0 radical (unpaired) electrons. The molecule has 0 aromatic carbocycles. The molecule has 1 N–H and O–H groups in total. The van der Waals surface area contributed by atoms with Gasteiger partial charge in [-0.3, -0.25) is 9.69 Å². The zero-order valence-electron chi connectivity index (χ0n) is 10.0. The Kier molecular flexibility index (Phi) is 2.78. The van der Waals surface area contributed by atoms with Gasteiger partial charge in [-0.2, -0.15) is 0 Å². The average molecular weight is 237 g/mol. The van der Waals surface area contributed by atoms with E-state index in [4.69, 9.17) is 0 Å². The number of likely N-dealkylation sites (tertiary alicyclic amines) is 1. The molecule has 0 bridgehead atoms. The van der Waals surface area contributed by atoms with Crippen LogP contribution in [0.3, 0.4) is 0 Å². The summed E-state index contributed by atoms with van der Waals surface area (Å²) in [5.41, 5.74) is 0. The quantitative estimate of drug-likeness (QED) is 0.723. The number of nitrogens with zero attached hydrogens (tertiary/aromatic N) is 2. The molecular formula is C12H19N3O2. The first-order valence-electron chi connectivity index (χ1n) is 6.56. The van der Waals surface area contributed by atoms with Gasteiger partial charge in [0.25, 0.3) is 0 Å². The normalized spacial score (nSPS) is 27.6. The number of urea groups is 1. The number of nitrogens with one attached hydrogen (secondary N) is 1. The number of piperidine rings is 1. The van der Waals surface area contributed by atoms with E-state index in [0.29, 0.717) is 0 Å². The van der Waals surface area contributed by atoms with Crippen LogP contribution in [0.5, 0.6) is 0 Å². The smallest absolute Gasteiger partial charge is 0.324 e. The molecule has 1 aliphatic carbocycles. The lowest BCUT2D eigenvalue weighted by Crippen LogP contribution is -2.47. The molecule has 2 heterocycles. The van der Waals surface area contributed by atoms with Gasteiger partial charge in [0.05, 0.1) is 6.54 Å². The van der Waals surface area contributed by atoms with E-state index in [1.807, 2.05) is 0 Å². The van der Waals surface area contributed by atoms with E-state index in [0.717, 1.165) is 31.8 Å². The third-order valence-electron chi connectivity index (χ3n) is 4.01. The van der Waals surface area contributed by atoms with E-state index < -0.39 is 0 Å². The van der Waals surface area contributed by atoms with Crippen LogP contribution < -0.4 is 5.32 Å². The summed E-state index contributed by atoms with van der Waals surface area (Å²) in [6.07, 6.45) is 4.64. The molecule has 0 atom stereocenters. The highest BCUT2D eigenvalue weighted by atomic mass is 16.2. The average Bonchev–Trinajstić information content (AvgIpc) is 3.07. The van der Waals surface area contributed by atoms with Crippen molar-refractivity contribution in [3.8, 4) is 0 Å². The monoisotopic (exact) mass is 237 g/mol. The van der Waals surface area contributed by atoms with Crippen LogP contribution in [0.15, 0.2) is 0 Å². The lowest BCUT2D eigenvalue weighted by molar-refractivity contribution is -0.127. The molecule has 94 valence electrons. The van der Waals surface area contributed by atoms with Crippen LogP contribution in [0.2, 0.25) is 0 Å². The topological polar surface area (TPSA) is 52.7 Å². The zero-order chi connectivity index (χ0) is 11.8. The van der Waals surface area contributed by atoms with E-state index in [9.17, 15) is 9.59 Å². The van der Waals surface area contributed by atoms with Gasteiger partial charge >= 0.3 is 6.03 Å². The van der Waals surface area contributed by atoms with E-state index in [2.05, 4.69) is 10.2 Å². The Morgan fingerprint density at radius 1 is 1.12 bits per heavy atom. The van der Waals surface area contributed by atoms with Gasteiger partial charge in [-0.05, 0) is 31.6 Å². The maximum atomic E-state index is 11.6. The summed E-state index contributed by atoms with van der Waals surface area (Å²) in [5.74, 6) is 0.860. The van der Waals surface area contributed by atoms with Gasteiger partial charge in [0, 0.05) is 25.7 Å². The summed E-state index contributed by atoms with van der Waals surface area (Å²) in [5, 5.41) is 2.59. The van der Waals surface area contributed by atoms with Crippen LogP contribution in [0.25, 0.3) is 0 Å². The molecule has 5 nitrogen and oxygen atoms in total. The van der Waals surface area contributed by atoms with Gasteiger partial charge in [-0.25, -0.2) is 4.79 Å². The van der Waals surface area contributed by atoms with Gasteiger partial charge < -0.3 is 10.2 Å². The van der Waals surface area contributed by atoms with Crippen molar-refractivity contribution in [2.24, 2.45) is 5.92 Å². The predicted molar refractivity (Wildman–Crippen MR) is 62.4 cm³/mol. The summed E-state index contributed by atoms with van der Waals surface area (Å²) in [6, 6.07) is -0.0731. The van der Waals surface area contributed by atoms with Crippen LogP contribution in [-0.4, -0.2) is 54.0 Å². The second-order valence-electron chi connectivity index (χ2n) is 5.40. The van der Waals surface area contributed by atoms with Crippen LogP contribution in [-0.2, 0) is 4.79 Å². The summed E-state index contributed by atoms with van der Waals surface area (Å²) in [6.45, 7) is 3.45. The Bertz CT molecular complexity index is 317. The Morgan fingerprint density at radius 2 is 1.82 bits per heavy atom. The Hall–Kier alpha value is -1.10. The maximum absolute atomic E-state index is 11.6. The third-order valence-corrected chi connectivity index (χ3v) is 4.01. The van der Waals surface area contributed by atoms with Gasteiger partial charge in [-0.15, -0.1) is 0 Å². The summed E-state index contributed by atoms with van der Waals surface area (Å²) >= 11 is 0. The first-order chi connectivity index (χ1) is 8.24. The Morgan fingerprint density at radius 3 is 2.35 bits per heavy atom. The number of rotatable bonds is 3. The highest BCUT2D eigenvalue weighted by Gasteiger charge is 2.37. The zero-order valence-corrected chi connectivity index (χ0v) is 10.0. The maximum Gasteiger partial charge on any atom is 0.324 e. The number of hydrogen-bond donors (Lipinski definition) is 1. The minimum atomic E-state index is -0.198. The van der Waals surface area contributed by atoms with Crippen molar-refractivity contribution >= 4 is 11.9 Å². The van der Waals surface area contributed by atoms with Gasteiger partial charge in [0.15, 0.2) is 0 Å². The van der Waals surface area contributed by atoms with Gasteiger partial charge in [0.2, 0.25) is 5.91 Å². The van der Waals surface area contributed by atoms with Crippen molar-refractivity contribution < 1.29 is 9.59 Å². The van der Waals surface area contributed by atoms with Crippen molar-refractivity contribution in [2.45, 2.75) is 31.7 Å². The Balaban J connectivity index is 1.53. The summed E-state index contributed by atoms with van der Waals surface area (Å²) in [7, 11) is 0. The molecule has 2 saturated heterocycles. The standard InChI is InChI=1S/C12H19N3O2/c16-11-7-13-12(17)15(11)10-3-5-14(6-4-10)8-9-1-2-9/h9-10H,1-8H2,(H,13,17). The molecule has 0 spiro atoms. The lowest BCUT2D eigenvalue weighted by Gasteiger charge is -2.35. The second-order valence-corrected chi connectivity index (χ2v) is 5.40. The first kappa shape index (κ1) is 11.0. The predicted octanol–water partition coefficient (Wildman–Crippen LogP) is 0.413. The number of carbonyl (C=O) groups is 2. The van der Waals surface area contributed by atoms with Crippen molar-refractivity contribution in [2.75, 3.05) is 26.2 Å². The Labute approximate surface area is 101 Å². The van der Waals surface area contributed by atoms with Crippen LogP contribution >= 0.6 is 0 Å². The van der Waals surface area contributed by atoms with Gasteiger partial charge in [-0.1, -0.05) is 0 Å². The fourth-order valence-corrected chi connectivity index (χ4v) is 2.83. The highest BCUT2D eigenvalue weighted by molar-refractivity contribution is 6.02. The summed E-state index contributed by atoms with van der Waals surface area (Å²) < 4.78 is 0. The van der Waals surface area contributed by atoms with Gasteiger partial charge in [0.1, 0.15) is 0 Å². The molecule has 5 heteroatoms. The van der Waals surface area contributed by atoms with E-state index >= 15 is 0 Å². The summed E-state index contributed by atoms with van der Waals surface area (Å²) in [4.78, 5) is 27.0. The second kappa shape index (κ2) is 4.29. The molecule has 0 unspecified atom stereocenters.